The van der Waals surface area contributed by atoms with Gasteiger partial charge in [0.1, 0.15) is 0 Å². The third-order valence-corrected chi connectivity index (χ3v) is 8.23. The molecule has 1 fully saturated rings. The van der Waals surface area contributed by atoms with Gasteiger partial charge in [0.2, 0.25) is 0 Å². The lowest BCUT2D eigenvalue weighted by Crippen LogP contribution is -2.41. The number of piperidine rings is 1. The third-order valence-electron chi connectivity index (χ3n) is 8.23. The van der Waals surface area contributed by atoms with Gasteiger partial charge < -0.3 is 10.6 Å². The number of hydrogen-bond donors (Lipinski definition) is 1. The molecule has 2 N–H and O–H groups in total. The maximum Gasteiger partial charge on any atom is 0.253 e. The van der Waals surface area contributed by atoms with E-state index in [1.807, 2.05) is 24.4 Å². The van der Waals surface area contributed by atoms with Crippen LogP contribution in [0.2, 0.25) is 0 Å². The number of pyridine rings is 2. The Morgan fingerprint density at radius 2 is 1.86 bits per heavy atom. The summed E-state index contributed by atoms with van der Waals surface area (Å²) < 4.78 is 0. The molecule has 0 bridgehead atoms. The summed E-state index contributed by atoms with van der Waals surface area (Å²) >= 11 is 0. The topological polar surface area (TPSA) is 75.4 Å². The van der Waals surface area contributed by atoms with Gasteiger partial charge in [-0.05, 0) is 92.7 Å². The number of carbonyl (C=O) groups is 1. The van der Waals surface area contributed by atoms with Crippen LogP contribution < -0.4 is 5.73 Å². The minimum atomic E-state index is 0.0584. The van der Waals surface area contributed by atoms with Crippen LogP contribution in [0.15, 0.2) is 54.4 Å². The second-order valence-electron chi connectivity index (χ2n) is 10.8. The van der Waals surface area contributed by atoms with Gasteiger partial charge in [-0.3, -0.25) is 19.7 Å². The summed E-state index contributed by atoms with van der Waals surface area (Å²) in [5.74, 6) is 0.868. The molecule has 6 heteroatoms. The quantitative estimate of drug-likeness (QED) is 0.506. The number of rotatable bonds is 5. The molecular weight excluding hydrogens is 458 g/mol. The molecule has 6 nitrogen and oxygen atoms in total. The number of anilines is 1. The molecule has 1 amide bonds. The molecule has 0 saturated carbocycles. The standard InChI is InChI=1S/C31H37N5O/c1-19-16-23(31(37)35(4)5)6-8-25(19)22-11-14-36(15-12-22)21(3)27-17-28-26(10-13-33-30(28)20(27)2)29-9-7-24(32)18-34-29/h6-10,13,16-18,20-22H,11-12,14-15,32H2,1-5H3. The summed E-state index contributed by atoms with van der Waals surface area (Å²) in [7, 11) is 3.60. The smallest absolute Gasteiger partial charge is 0.253 e. The first-order valence-corrected chi connectivity index (χ1v) is 13.2. The van der Waals surface area contributed by atoms with Crippen molar-refractivity contribution in [1.29, 1.82) is 0 Å². The van der Waals surface area contributed by atoms with Gasteiger partial charge in [-0.2, -0.15) is 0 Å². The van der Waals surface area contributed by atoms with E-state index in [1.165, 1.54) is 22.3 Å². The van der Waals surface area contributed by atoms with E-state index in [2.05, 4.69) is 54.9 Å². The Morgan fingerprint density at radius 3 is 2.51 bits per heavy atom. The van der Waals surface area contributed by atoms with Crippen molar-refractivity contribution in [2.75, 3.05) is 32.9 Å². The number of aromatic nitrogens is 2. The molecule has 0 radical (unpaired) electrons. The van der Waals surface area contributed by atoms with Gasteiger partial charge in [0.15, 0.2) is 0 Å². The lowest BCUT2D eigenvalue weighted by atomic mass is 9.85. The molecule has 5 rings (SSSR count). The van der Waals surface area contributed by atoms with E-state index >= 15 is 0 Å². The summed E-state index contributed by atoms with van der Waals surface area (Å²) in [4.78, 5) is 25.9. The molecular formula is C31H37N5O. The fourth-order valence-electron chi connectivity index (χ4n) is 6.04. The molecule has 1 saturated heterocycles. The minimum Gasteiger partial charge on any atom is -0.397 e. The zero-order chi connectivity index (χ0) is 26.3. The average Bonchev–Trinajstić information content (AvgIpc) is 3.25. The van der Waals surface area contributed by atoms with Crippen LogP contribution in [0, 0.1) is 6.92 Å². The fourth-order valence-corrected chi connectivity index (χ4v) is 6.04. The Morgan fingerprint density at radius 1 is 1.11 bits per heavy atom. The first kappa shape index (κ1) is 25.2. The Hall–Kier alpha value is -3.51. The molecule has 3 aromatic rings. The monoisotopic (exact) mass is 495 g/mol. The molecule has 1 aliphatic carbocycles. The Kier molecular flexibility index (Phi) is 6.86. The minimum absolute atomic E-state index is 0.0584. The molecule has 2 unspecified atom stereocenters. The van der Waals surface area contributed by atoms with Crippen LogP contribution in [0.1, 0.15) is 71.3 Å². The van der Waals surface area contributed by atoms with E-state index in [0.29, 0.717) is 17.6 Å². The van der Waals surface area contributed by atoms with E-state index in [-0.39, 0.29) is 11.8 Å². The maximum atomic E-state index is 12.4. The number of hydrogen-bond acceptors (Lipinski definition) is 5. The number of aryl methyl sites for hydroxylation is 1. The summed E-state index contributed by atoms with van der Waals surface area (Å²) in [5, 5.41) is 0. The highest BCUT2D eigenvalue weighted by Crippen LogP contribution is 2.42. The van der Waals surface area contributed by atoms with E-state index in [1.54, 1.807) is 25.2 Å². The van der Waals surface area contributed by atoms with Crippen LogP contribution in [0.25, 0.3) is 17.3 Å². The Labute approximate surface area is 220 Å². The zero-order valence-corrected chi connectivity index (χ0v) is 22.5. The zero-order valence-electron chi connectivity index (χ0n) is 22.5. The van der Waals surface area contributed by atoms with Gasteiger partial charge in [-0.1, -0.05) is 19.1 Å². The highest BCUT2D eigenvalue weighted by Gasteiger charge is 2.33. The SMILES string of the molecule is Cc1cc(C(=O)N(C)C)ccc1C1CCN(C(C)C2=Cc3c(-c4ccc(N)cn4)ccnc3C2C)CC1. The van der Waals surface area contributed by atoms with E-state index < -0.39 is 0 Å². The van der Waals surface area contributed by atoms with E-state index in [4.69, 9.17) is 10.7 Å². The molecule has 192 valence electrons. The number of fused-ring (bicyclic) bond motifs is 1. The van der Waals surface area contributed by atoms with Gasteiger partial charge in [0.25, 0.3) is 5.91 Å². The molecule has 1 aromatic carbocycles. The molecule has 2 aromatic heterocycles. The first-order chi connectivity index (χ1) is 17.7. The van der Waals surface area contributed by atoms with Crippen molar-refractivity contribution in [2.24, 2.45) is 0 Å². The van der Waals surface area contributed by atoms with Crippen molar-refractivity contribution in [3.8, 4) is 11.3 Å². The largest absolute Gasteiger partial charge is 0.397 e. The Bertz CT molecular complexity index is 1340. The number of nitrogens with two attached hydrogens (primary N) is 1. The molecule has 2 aliphatic rings. The van der Waals surface area contributed by atoms with E-state index in [0.717, 1.165) is 48.4 Å². The number of carbonyl (C=O) groups excluding carboxylic acids is 1. The predicted molar refractivity (Wildman–Crippen MR) is 150 cm³/mol. The fraction of sp³-hybridized carbons (Fsp3) is 0.387. The first-order valence-electron chi connectivity index (χ1n) is 13.2. The normalized spacial score (nSPS) is 18.8. The second-order valence-corrected chi connectivity index (χ2v) is 10.8. The van der Waals surface area contributed by atoms with Crippen molar-refractivity contribution in [3.05, 3.63) is 82.3 Å². The lowest BCUT2D eigenvalue weighted by Gasteiger charge is -2.38. The van der Waals surface area contributed by atoms with Crippen LogP contribution in [0.3, 0.4) is 0 Å². The summed E-state index contributed by atoms with van der Waals surface area (Å²) in [6.07, 6.45) is 8.21. The summed E-state index contributed by atoms with van der Waals surface area (Å²) in [5.41, 5.74) is 15.7. The van der Waals surface area contributed by atoms with Crippen molar-refractivity contribution in [3.63, 3.8) is 0 Å². The van der Waals surface area contributed by atoms with Crippen LogP contribution >= 0.6 is 0 Å². The van der Waals surface area contributed by atoms with Gasteiger partial charge in [-0.25, -0.2) is 0 Å². The van der Waals surface area contributed by atoms with Crippen molar-refractivity contribution in [1.82, 2.24) is 19.8 Å². The number of nitrogen functional groups attached to an aromatic ring is 1. The summed E-state index contributed by atoms with van der Waals surface area (Å²) in [6.45, 7) is 8.86. The van der Waals surface area contributed by atoms with Crippen LogP contribution in [0.5, 0.6) is 0 Å². The number of amides is 1. The van der Waals surface area contributed by atoms with Gasteiger partial charge in [0.05, 0.1) is 23.3 Å². The highest BCUT2D eigenvalue weighted by atomic mass is 16.2. The van der Waals surface area contributed by atoms with Crippen LogP contribution in [0.4, 0.5) is 5.69 Å². The Balaban J connectivity index is 1.30. The van der Waals surface area contributed by atoms with Gasteiger partial charge in [0, 0.05) is 48.9 Å². The van der Waals surface area contributed by atoms with Gasteiger partial charge >= 0.3 is 0 Å². The molecule has 1 aliphatic heterocycles. The van der Waals surface area contributed by atoms with E-state index in [9.17, 15) is 4.79 Å². The molecule has 2 atom stereocenters. The highest BCUT2D eigenvalue weighted by molar-refractivity contribution is 5.94. The van der Waals surface area contributed by atoms with Crippen molar-refractivity contribution in [2.45, 2.75) is 51.5 Å². The average molecular weight is 496 g/mol. The number of likely N-dealkylation sites (tertiary alicyclic amines) is 1. The predicted octanol–water partition coefficient (Wildman–Crippen LogP) is 5.50. The lowest BCUT2D eigenvalue weighted by molar-refractivity contribution is 0.0827. The summed E-state index contributed by atoms with van der Waals surface area (Å²) in [6, 6.07) is 12.5. The third kappa shape index (κ3) is 4.78. The number of nitrogens with zero attached hydrogens (tertiary/aromatic N) is 4. The second kappa shape index (κ2) is 10.1. The van der Waals surface area contributed by atoms with Crippen molar-refractivity contribution < 1.29 is 4.79 Å². The molecule has 3 heterocycles. The van der Waals surface area contributed by atoms with Crippen LogP contribution in [-0.4, -0.2) is 58.9 Å². The van der Waals surface area contributed by atoms with Crippen molar-refractivity contribution >= 4 is 17.7 Å². The maximum absolute atomic E-state index is 12.4. The number of benzene rings is 1. The molecule has 0 spiro atoms. The molecule has 37 heavy (non-hydrogen) atoms. The van der Waals surface area contributed by atoms with Crippen LogP contribution in [-0.2, 0) is 0 Å². The van der Waals surface area contributed by atoms with Gasteiger partial charge in [-0.15, -0.1) is 0 Å².